The summed E-state index contributed by atoms with van der Waals surface area (Å²) in [4.78, 5) is 4.34. The second kappa shape index (κ2) is 5.41. The van der Waals surface area contributed by atoms with Crippen molar-refractivity contribution in [2.75, 3.05) is 6.54 Å². The lowest BCUT2D eigenvalue weighted by Gasteiger charge is -2.23. The van der Waals surface area contributed by atoms with Crippen molar-refractivity contribution in [1.29, 1.82) is 0 Å². The van der Waals surface area contributed by atoms with Gasteiger partial charge in [-0.25, -0.2) is 0 Å². The molecule has 108 valence electrons. The van der Waals surface area contributed by atoms with Crippen molar-refractivity contribution in [1.82, 2.24) is 10.3 Å². The highest BCUT2D eigenvalue weighted by Gasteiger charge is 2.41. The van der Waals surface area contributed by atoms with E-state index in [-0.39, 0.29) is 6.10 Å². The average molecular weight is 301 g/mol. The van der Waals surface area contributed by atoms with Crippen molar-refractivity contribution in [3.8, 4) is 0 Å². The van der Waals surface area contributed by atoms with E-state index in [1.54, 1.807) is 6.20 Å². The Morgan fingerprint density at radius 2 is 2.05 bits per heavy atom. The fourth-order valence-electron chi connectivity index (χ4n) is 3.23. The summed E-state index contributed by atoms with van der Waals surface area (Å²) >= 11 is 5.86. The van der Waals surface area contributed by atoms with Gasteiger partial charge < -0.3 is 10.1 Å². The first kappa shape index (κ1) is 13.3. The molecule has 21 heavy (non-hydrogen) atoms. The fraction of sp³-hybridized carbons (Fsp3) is 0.353. The predicted octanol–water partition coefficient (Wildman–Crippen LogP) is 3.13. The van der Waals surface area contributed by atoms with E-state index in [1.165, 1.54) is 11.1 Å². The molecule has 2 saturated heterocycles. The van der Waals surface area contributed by atoms with Crippen molar-refractivity contribution in [3.05, 3.63) is 64.4 Å². The van der Waals surface area contributed by atoms with Gasteiger partial charge in [0.15, 0.2) is 0 Å². The first-order valence-corrected chi connectivity index (χ1v) is 7.74. The van der Waals surface area contributed by atoms with Crippen LogP contribution in [0.2, 0.25) is 5.02 Å². The highest BCUT2D eigenvalue weighted by Crippen LogP contribution is 2.36. The van der Waals surface area contributed by atoms with E-state index in [0.29, 0.717) is 17.2 Å². The van der Waals surface area contributed by atoms with Gasteiger partial charge in [0, 0.05) is 30.9 Å². The normalized spacial score (nSPS) is 27.2. The number of morpholine rings is 1. The van der Waals surface area contributed by atoms with Gasteiger partial charge in [0.2, 0.25) is 0 Å². The first-order chi connectivity index (χ1) is 10.3. The highest BCUT2D eigenvalue weighted by atomic mass is 35.5. The molecule has 2 bridgehead atoms. The van der Waals surface area contributed by atoms with Gasteiger partial charge in [0.25, 0.3) is 0 Å². The average Bonchev–Trinajstić information content (AvgIpc) is 3.13. The maximum atomic E-state index is 6.03. The van der Waals surface area contributed by atoms with Crippen LogP contribution in [0.15, 0.2) is 42.6 Å². The van der Waals surface area contributed by atoms with Crippen LogP contribution in [-0.4, -0.2) is 23.7 Å². The molecule has 3 nitrogen and oxygen atoms in total. The zero-order valence-electron chi connectivity index (χ0n) is 11.6. The molecule has 1 aromatic heterocycles. The molecule has 4 heteroatoms. The number of benzene rings is 1. The molecule has 0 radical (unpaired) electrons. The first-order valence-electron chi connectivity index (χ1n) is 7.36. The number of ether oxygens (including phenoxy) is 1. The molecule has 0 unspecified atom stereocenters. The van der Waals surface area contributed by atoms with E-state index < -0.39 is 0 Å². The quantitative estimate of drug-likeness (QED) is 0.945. The van der Waals surface area contributed by atoms with Gasteiger partial charge in [0.05, 0.1) is 17.2 Å². The topological polar surface area (TPSA) is 34.1 Å². The number of nitrogens with one attached hydrogen (secondary N) is 1. The summed E-state index contributed by atoms with van der Waals surface area (Å²) in [6, 6.07) is 13.0. The molecule has 2 aliphatic rings. The second-order valence-electron chi connectivity index (χ2n) is 5.82. The fourth-order valence-corrected chi connectivity index (χ4v) is 3.34. The van der Waals surface area contributed by atoms with Crippen LogP contribution in [0.5, 0.6) is 0 Å². The summed E-state index contributed by atoms with van der Waals surface area (Å²) in [5.74, 6) is 0. The summed E-state index contributed by atoms with van der Waals surface area (Å²) in [6.45, 7) is 1.00. The van der Waals surface area contributed by atoms with Crippen molar-refractivity contribution < 1.29 is 4.74 Å². The standard InChI is InChI=1S/C17H17ClN2O/c18-13-5-6-14(19-9-13)7-11-1-3-12(4-2-11)17-16-8-15(21-17)10-20-16/h1-6,9,15-17,20H,7-8,10H2/t15-,16-,17+/m0/s1. The van der Waals surface area contributed by atoms with E-state index in [0.717, 1.165) is 25.1 Å². The minimum absolute atomic E-state index is 0.214. The third-order valence-electron chi connectivity index (χ3n) is 4.31. The van der Waals surface area contributed by atoms with Crippen molar-refractivity contribution in [2.45, 2.75) is 31.1 Å². The van der Waals surface area contributed by atoms with Gasteiger partial charge in [-0.05, 0) is 29.7 Å². The van der Waals surface area contributed by atoms with E-state index in [4.69, 9.17) is 16.3 Å². The molecule has 0 aliphatic carbocycles. The lowest BCUT2D eigenvalue weighted by molar-refractivity contribution is 0.0160. The molecule has 2 fully saturated rings. The zero-order valence-corrected chi connectivity index (χ0v) is 12.4. The lowest BCUT2D eigenvalue weighted by atomic mass is 10.00. The van der Waals surface area contributed by atoms with Crippen molar-refractivity contribution >= 4 is 11.6 Å². The maximum absolute atomic E-state index is 6.03. The Bertz CT molecular complexity index is 626. The largest absolute Gasteiger partial charge is 0.367 e. The van der Waals surface area contributed by atoms with Crippen LogP contribution in [0.3, 0.4) is 0 Å². The molecule has 1 N–H and O–H groups in total. The van der Waals surface area contributed by atoms with Crippen LogP contribution < -0.4 is 5.32 Å². The molecule has 4 rings (SSSR count). The van der Waals surface area contributed by atoms with Crippen LogP contribution in [-0.2, 0) is 11.2 Å². The molecule has 0 saturated carbocycles. The Hall–Kier alpha value is -1.42. The van der Waals surface area contributed by atoms with Crippen LogP contribution in [0.1, 0.15) is 29.3 Å². The van der Waals surface area contributed by atoms with E-state index >= 15 is 0 Å². The van der Waals surface area contributed by atoms with Crippen molar-refractivity contribution in [3.63, 3.8) is 0 Å². The van der Waals surface area contributed by atoms with Gasteiger partial charge in [-0.3, -0.25) is 4.98 Å². The summed E-state index contributed by atoms with van der Waals surface area (Å²) in [7, 11) is 0. The Morgan fingerprint density at radius 1 is 1.19 bits per heavy atom. The van der Waals surface area contributed by atoms with Crippen LogP contribution in [0, 0.1) is 0 Å². The minimum Gasteiger partial charge on any atom is -0.367 e. The zero-order chi connectivity index (χ0) is 14.2. The summed E-state index contributed by atoms with van der Waals surface area (Å²) in [5, 5.41) is 4.19. The van der Waals surface area contributed by atoms with E-state index in [9.17, 15) is 0 Å². The molecule has 0 amide bonds. The second-order valence-corrected chi connectivity index (χ2v) is 6.25. The number of nitrogens with zero attached hydrogens (tertiary/aromatic N) is 1. The number of halogens is 1. The summed E-state index contributed by atoms with van der Waals surface area (Å²) in [6.07, 6.45) is 4.28. The number of aromatic nitrogens is 1. The van der Waals surface area contributed by atoms with Crippen LogP contribution in [0.25, 0.3) is 0 Å². The number of rotatable bonds is 3. The molecule has 2 aromatic rings. The minimum atomic E-state index is 0.214. The maximum Gasteiger partial charge on any atom is 0.0983 e. The number of hydrogen-bond acceptors (Lipinski definition) is 3. The smallest absolute Gasteiger partial charge is 0.0983 e. The molecule has 0 spiro atoms. The van der Waals surface area contributed by atoms with E-state index in [1.807, 2.05) is 12.1 Å². The Kier molecular flexibility index (Phi) is 3.42. The lowest BCUT2D eigenvalue weighted by Crippen LogP contribution is -2.33. The molecule has 2 aliphatic heterocycles. The Morgan fingerprint density at radius 3 is 2.67 bits per heavy atom. The summed E-state index contributed by atoms with van der Waals surface area (Å²) in [5.41, 5.74) is 3.55. The third kappa shape index (κ3) is 2.69. The molecular formula is C17H17ClN2O. The van der Waals surface area contributed by atoms with Crippen LogP contribution >= 0.6 is 11.6 Å². The van der Waals surface area contributed by atoms with Crippen LogP contribution in [0.4, 0.5) is 0 Å². The Balaban J connectivity index is 1.47. The molecular weight excluding hydrogens is 284 g/mol. The third-order valence-corrected chi connectivity index (χ3v) is 4.53. The number of hydrogen-bond donors (Lipinski definition) is 1. The molecule has 3 heterocycles. The molecule has 1 aromatic carbocycles. The molecule has 3 atom stereocenters. The monoisotopic (exact) mass is 300 g/mol. The van der Waals surface area contributed by atoms with Gasteiger partial charge >= 0.3 is 0 Å². The number of fused-ring (bicyclic) bond motifs is 2. The SMILES string of the molecule is Clc1ccc(Cc2ccc([C@H]3O[C@@H]4CN[C@H]3C4)cc2)nc1. The van der Waals surface area contributed by atoms with Gasteiger partial charge in [-0.1, -0.05) is 35.9 Å². The van der Waals surface area contributed by atoms with Gasteiger partial charge in [-0.15, -0.1) is 0 Å². The summed E-state index contributed by atoms with van der Waals surface area (Å²) < 4.78 is 6.03. The van der Waals surface area contributed by atoms with Gasteiger partial charge in [-0.2, -0.15) is 0 Å². The number of pyridine rings is 1. The Labute approximate surface area is 129 Å². The predicted molar refractivity (Wildman–Crippen MR) is 82.5 cm³/mol. The van der Waals surface area contributed by atoms with E-state index in [2.05, 4.69) is 34.6 Å². The van der Waals surface area contributed by atoms with Gasteiger partial charge in [0.1, 0.15) is 0 Å². The van der Waals surface area contributed by atoms with Crippen molar-refractivity contribution in [2.24, 2.45) is 0 Å². The highest BCUT2D eigenvalue weighted by molar-refractivity contribution is 6.30.